The van der Waals surface area contributed by atoms with Crippen LogP contribution in [0.25, 0.3) is 11.3 Å². The van der Waals surface area contributed by atoms with Crippen molar-refractivity contribution in [1.29, 1.82) is 5.26 Å². The highest BCUT2D eigenvalue weighted by Crippen LogP contribution is 2.43. The molecule has 0 amide bonds. The predicted molar refractivity (Wildman–Crippen MR) is 166 cm³/mol. The van der Waals surface area contributed by atoms with Gasteiger partial charge in [0.25, 0.3) is 6.71 Å². The number of rotatable bonds is 3. The maximum atomic E-state index is 9.93. The summed E-state index contributed by atoms with van der Waals surface area (Å²) in [4.78, 5) is 13.9. The number of nitrogens with zero attached hydrogens (tertiary/aromatic N) is 5. The number of nitriles is 1. The van der Waals surface area contributed by atoms with Crippen LogP contribution in [-0.2, 0) is 0 Å². The molecule has 0 radical (unpaired) electrons. The van der Waals surface area contributed by atoms with Crippen LogP contribution in [0.4, 0.5) is 34.3 Å². The summed E-state index contributed by atoms with van der Waals surface area (Å²) in [5.74, 6) is 0.807. The fourth-order valence-corrected chi connectivity index (χ4v) is 6.29. The third kappa shape index (κ3) is 3.57. The Morgan fingerprint density at radius 1 is 0.561 bits per heavy atom. The van der Waals surface area contributed by atoms with E-state index >= 15 is 0 Å². The van der Waals surface area contributed by atoms with Crippen molar-refractivity contribution in [2.75, 3.05) is 9.80 Å². The van der Waals surface area contributed by atoms with E-state index in [0.29, 0.717) is 11.5 Å². The van der Waals surface area contributed by atoms with Crippen molar-refractivity contribution in [2.45, 2.75) is 0 Å². The summed E-state index contributed by atoms with van der Waals surface area (Å²) in [5.41, 5.74) is 10.8. The molecule has 0 N–H and O–H groups in total. The molecule has 6 aromatic rings. The molecule has 1 aromatic heterocycles. The van der Waals surface area contributed by atoms with Crippen molar-refractivity contribution >= 4 is 57.4 Å². The molecule has 190 valence electrons. The molecule has 0 fully saturated rings. The molecule has 0 aliphatic carbocycles. The molecule has 41 heavy (non-hydrogen) atoms. The van der Waals surface area contributed by atoms with Gasteiger partial charge in [0.05, 0.1) is 5.69 Å². The van der Waals surface area contributed by atoms with E-state index in [1.165, 1.54) is 22.1 Å². The average molecular weight is 523 g/mol. The molecule has 3 heterocycles. The Bertz CT molecular complexity index is 1980. The van der Waals surface area contributed by atoms with Crippen LogP contribution in [0.15, 0.2) is 133 Å². The van der Waals surface area contributed by atoms with Gasteiger partial charge in [0.1, 0.15) is 11.9 Å². The lowest BCUT2D eigenvalue weighted by atomic mass is 9.33. The highest BCUT2D eigenvalue weighted by molar-refractivity contribution is 7.00. The van der Waals surface area contributed by atoms with Gasteiger partial charge in [-0.15, -0.1) is 0 Å². The average Bonchev–Trinajstić information content (AvgIpc) is 3.05. The Morgan fingerprint density at radius 2 is 1.12 bits per heavy atom. The molecule has 0 bridgehead atoms. The van der Waals surface area contributed by atoms with E-state index in [1.54, 1.807) is 0 Å². The number of benzene rings is 5. The highest BCUT2D eigenvalue weighted by Gasteiger charge is 2.43. The zero-order valence-corrected chi connectivity index (χ0v) is 22.0. The molecule has 0 saturated heterocycles. The minimum Gasteiger partial charge on any atom is -0.311 e. The van der Waals surface area contributed by atoms with Crippen molar-refractivity contribution in [1.82, 2.24) is 9.97 Å². The minimum atomic E-state index is 0.0516. The van der Waals surface area contributed by atoms with E-state index in [-0.39, 0.29) is 12.5 Å². The minimum absolute atomic E-state index is 0.0516. The monoisotopic (exact) mass is 523 g/mol. The molecule has 0 spiro atoms. The molecule has 0 unspecified atom stereocenters. The molecule has 2 aliphatic heterocycles. The second kappa shape index (κ2) is 9.22. The Labute approximate surface area is 238 Å². The zero-order valence-electron chi connectivity index (χ0n) is 22.0. The quantitative estimate of drug-likeness (QED) is 0.262. The van der Waals surface area contributed by atoms with Crippen molar-refractivity contribution in [3.63, 3.8) is 0 Å². The van der Waals surface area contributed by atoms with Crippen LogP contribution in [0.3, 0.4) is 0 Å². The van der Waals surface area contributed by atoms with Crippen LogP contribution < -0.4 is 26.2 Å². The standard InChI is InChI=1S/C35H22BN5/c37-23-33-38-28(24-12-3-1-4-13-24)22-34(39-33)41-30-19-10-8-17-27(30)36-26-16-7-9-18-29(26)40(25-14-5-2-6-15-25)31-20-11-21-32(41)35(31)36/h1-22H. The summed E-state index contributed by atoms with van der Waals surface area (Å²) in [6.45, 7) is 0.0516. The normalized spacial score (nSPS) is 12.7. The SMILES string of the molecule is N#Cc1nc(-c2ccccc2)cc(N2c3ccccc3B3c4ccccc4N(c4ccccc4)c4cccc2c43)n1. The van der Waals surface area contributed by atoms with Gasteiger partial charge in [-0.25, -0.2) is 9.97 Å². The highest BCUT2D eigenvalue weighted by atomic mass is 15.2. The van der Waals surface area contributed by atoms with Gasteiger partial charge in [0, 0.05) is 40.1 Å². The lowest BCUT2D eigenvalue weighted by Crippen LogP contribution is -2.61. The van der Waals surface area contributed by atoms with E-state index in [2.05, 4.69) is 112 Å². The summed E-state index contributed by atoms with van der Waals surface area (Å²) in [5, 5.41) is 9.93. The smallest absolute Gasteiger partial charge is 0.252 e. The maximum absolute atomic E-state index is 9.93. The molecule has 2 aliphatic rings. The summed E-state index contributed by atoms with van der Waals surface area (Å²) < 4.78 is 0. The first-order chi connectivity index (χ1) is 20.3. The predicted octanol–water partition coefficient (Wildman–Crippen LogP) is 6.10. The fourth-order valence-electron chi connectivity index (χ4n) is 6.29. The van der Waals surface area contributed by atoms with Gasteiger partial charge < -0.3 is 4.90 Å². The largest absolute Gasteiger partial charge is 0.311 e. The second-order valence-corrected chi connectivity index (χ2v) is 10.2. The molecule has 6 heteroatoms. The molecular formula is C35H22BN5. The van der Waals surface area contributed by atoms with E-state index < -0.39 is 0 Å². The first-order valence-electron chi connectivity index (χ1n) is 13.6. The van der Waals surface area contributed by atoms with Crippen LogP contribution in [0.5, 0.6) is 0 Å². The first-order valence-corrected chi connectivity index (χ1v) is 13.6. The second-order valence-electron chi connectivity index (χ2n) is 10.2. The van der Waals surface area contributed by atoms with Crippen molar-refractivity contribution in [3.8, 4) is 17.3 Å². The number of hydrogen-bond acceptors (Lipinski definition) is 5. The fraction of sp³-hybridized carbons (Fsp3) is 0. The lowest BCUT2D eigenvalue weighted by molar-refractivity contribution is 1.08. The summed E-state index contributed by atoms with van der Waals surface area (Å²) in [6.07, 6.45) is 0. The maximum Gasteiger partial charge on any atom is 0.252 e. The zero-order chi connectivity index (χ0) is 27.3. The van der Waals surface area contributed by atoms with Crippen LogP contribution in [0.1, 0.15) is 5.82 Å². The molecular weight excluding hydrogens is 501 g/mol. The van der Waals surface area contributed by atoms with Gasteiger partial charge >= 0.3 is 0 Å². The number of fused-ring (bicyclic) bond motifs is 4. The van der Waals surface area contributed by atoms with E-state index in [0.717, 1.165) is 28.3 Å². The number of anilines is 6. The number of para-hydroxylation sites is 3. The molecule has 0 saturated carbocycles. The summed E-state index contributed by atoms with van der Waals surface area (Å²) >= 11 is 0. The van der Waals surface area contributed by atoms with Crippen LogP contribution in [-0.4, -0.2) is 16.7 Å². The summed E-state index contributed by atoms with van der Waals surface area (Å²) in [6, 6.07) is 48.3. The van der Waals surface area contributed by atoms with E-state index in [9.17, 15) is 5.26 Å². The van der Waals surface area contributed by atoms with Crippen LogP contribution in [0, 0.1) is 11.3 Å². The Hall–Kier alpha value is -5.67. The molecule has 5 nitrogen and oxygen atoms in total. The van der Waals surface area contributed by atoms with Crippen molar-refractivity contribution in [3.05, 3.63) is 139 Å². The first kappa shape index (κ1) is 23.2. The van der Waals surface area contributed by atoms with Gasteiger partial charge in [0.2, 0.25) is 5.82 Å². The summed E-state index contributed by atoms with van der Waals surface area (Å²) in [7, 11) is 0. The van der Waals surface area contributed by atoms with Crippen molar-refractivity contribution in [2.24, 2.45) is 0 Å². The molecule has 8 rings (SSSR count). The van der Waals surface area contributed by atoms with Gasteiger partial charge in [-0.05, 0) is 52.8 Å². The van der Waals surface area contributed by atoms with Gasteiger partial charge in [-0.2, -0.15) is 5.26 Å². The topological polar surface area (TPSA) is 56.1 Å². The Balaban J connectivity index is 1.42. The van der Waals surface area contributed by atoms with E-state index in [1.807, 2.05) is 42.5 Å². The van der Waals surface area contributed by atoms with E-state index in [4.69, 9.17) is 4.98 Å². The van der Waals surface area contributed by atoms with Crippen molar-refractivity contribution < 1.29 is 0 Å². The van der Waals surface area contributed by atoms with Gasteiger partial charge in [-0.3, -0.25) is 4.90 Å². The van der Waals surface area contributed by atoms with Gasteiger partial charge in [0.15, 0.2) is 0 Å². The van der Waals surface area contributed by atoms with Crippen LogP contribution in [0.2, 0.25) is 0 Å². The number of aromatic nitrogens is 2. The lowest BCUT2D eigenvalue weighted by Gasteiger charge is -2.43. The third-order valence-corrected chi connectivity index (χ3v) is 7.93. The molecule has 5 aromatic carbocycles. The Morgan fingerprint density at radius 3 is 1.80 bits per heavy atom. The van der Waals surface area contributed by atoms with Crippen LogP contribution >= 0.6 is 0 Å². The Kier molecular flexibility index (Phi) is 5.23. The molecule has 0 atom stereocenters. The number of hydrogen-bond donors (Lipinski definition) is 0. The third-order valence-electron chi connectivity index (χ3n) is 7.93. The van der Waals surface area contributed by atoms with Gasteiger partial charge in [-0.1, -0.05) is 91.0 Å².